The molecule has 1 N–H and O–H groups in total. The number of hydrogen-bond donors (Lipinski definition) is 1. The lowest BCUT2D eigenvalue weighted by molar-refractivity contribution is -0.137. The summed E-state index contributed by atoms with van der Waals surface area (Å²) in [5.41, 5.74) is 1.74. The van der Waals surface area contributed by atoms with Crippen molar-refractivity contribution >= 4 is 22.8 Å². The Balaban J connectivity index is 2.16. The average molecular weight is 336 g/mol. The number of aryl methyl sites for hydroxylation is 1. The van der Waals surface area contributed by atoms with E-state index in [0.717, 1.165) is 28.3 Å². The summed E-state index contributed by atoms with van der Waals surface area (Å²) in [5.74, 6) is 1.51. The number of hydrogen-bond acceptors (Lipinski definition) is 2. The van der Waals surface area contributed by atoms with Crippen LogP contribution >= 0.6 is 11.8 Å². The number of fused-ring (bicyclic) bond motifs is 1. The molecule has 3 aromatic rings. The van der Waals surface area contributed by atoms with Crippen molar-refractivity contribution in [3.05, 3.63) is 47.5 Å². The van der Waals surface area contributed by atoms with Gasteiger partial charge in [0.2, 0.25) is 0 Å². The van der Waals surface area contributed by atoms with E-state index in [2.05, 4.69) is 16.9 Å². The lowest BCUT2D eigenvalue weighted by Crippen LogP contribution is -2.05. The predicted molar refractivity (Wildman–Crippen MR) is 87.7 cm³/mol. The summed E-state index contributed by atoms with van der Waals surface area (Å²) < 4.78 is 38.9. The third kappa shape index (κ3) is 3.08. The van der Waals surface area contributed by atoms with Crippen molar-refractivity contribution in [2.45, 2.75) is 24.9 Å². The van der Waals surface area contributed by atoms with E-state index in [9.17, 15) is 13.2 Å². The van der Waals surface area contributed by atoms with Gasteiger partial charge < -0.3 is 4.98 Å². The number of aromatic amines is 1. The molecule has 3 rings (SSSR count). The molecule has 0 saturated carbocycles. The van der Waals surface area contributed by atoms with Crippen LogP contribution in [-0.2, 0) is 6.18 Å². The lowest BCUT2D eigenvalue weighted by Gasteiger charge is -2.07. The zero-order valence-corrected chi connectivity index (χ0v) is 13.5. The predicted octanol–water partition coefficient (Wildman–Crippen LogP) is 5.67. The highest BCUT2D eigenvalue weighted by molar-refractivity contribution is 7.99. The zero-order chi connectivity index (χ0) is 16.6. The molecule has 0 fully saturated rings. The van der Waals surface area contributed by atoms with E-state index in [0.29, 0.717) is 22.4 Å². The minimum atomic E-state index is -4.36. The molecule has 0 atom stereocenters. The van der Waals surface area contributed by atoms with Gasteiger partial charge in [-0.15, -0.1) is 11.8 Å². The van der Waals surface area contributed by atoms with Crippen molar-refractivity contribution in [3.8, 4) is 11.4 Å². The minimum absolute atomic E-state index is 0.406. The molecule has 0 radical (unpaired) electrons. The molecular formula is C17H15F3N2S. The van der Waals surface area contributed by atoms with Gasteiger partial charge in [-0.2, -0.15) is 13.2 Å². The maximum atomic E-state index is 13.0. The first-order valence-electron chi connectivity index (χ1n) is 7.20. The summed E-state index contributed by atoms with van der Waals surface area (Å²) in [7, 11) is 0. The molecule has 6 heteroatoms. The molecule has 0 amide bonds. The van der Waals surface area contributed by atoms with Crippen LogP contribution in [0.15, 0.2) is 41.3 Å². The van der Waals surface area contributed by atoms with Gasteiger partial charge in [-0.25, -0.2) is 4.98 Å². The van der Waals surface area contributed by atoms with Crippen LogP contribution in [0.2, 0.25) is 0 Å². The highest BCUT2D eigenvalue weighted by Gasteiger charge is 2.31. The number of aromatic nitrogens is 2. The van der Waals surface area contributed by atoms with E-state index >= 15 is 0 Å². The van der Waals surface area contributed by atoms with Gasteiger partial charge in [-0.1, -0.05) is 25.1 Å². The maximum Gasteiger partial charge on any atom is 0.416 e. The van der Waals surface area contributed by atoms with Crippen molar-refractivity contribution in [2.75, 3.05) is 5.75 Å². The Bertz CT molecular complexity index is 853. The van der Waals surface area contributed by atoms with Crippen LogP contribution < -0.4 is 0 Å². The third-order valence-electron chi connectivity index (χ3n) is 3.55. The first-order valence-corrected chi connectivity index (χ1v) is 8.18. The van der Waals surface area contributed by atoms with E-state index in [4.69, 9.17) is 0 Å². The van der Waals surface area contributed by atoms with Crippen molar-refractivity contribution in [2.24, 2.45) is 0 Å². The minimum Gasteiger partial charge on any atom is -0.338 e. The fourth-order valence-electron chi connectivity index (χ4n) is 2.53. The number of imidazole rings is 1. The number of benzene rings is 2. The molecule has 120 valence electrons. The molecule has 0 aliphatic carbocycles. The molecule has 1 aromatic heterocycles. The molecular weight excluding hydrogens is 321 g/mol. The Kier molecular flexibility index (Phi) is 4.10. The van der Waals surface area contributed by atoms with Crippen molar-refractivity contribution in [3.63, 3.8) is 0 Å². The van der Waals surface area contributed by atoms with Gasteiger partial charge >= 0.3 is 6.18 Å². The van der Waals surface area contributed by atoms with E-state index in [1.165, 1.54) is 0 Å². The van der Waals surface area contributed by atoms with Crippen LogP contribution in [0, 0.1) is 6.92 Å². The second-order valence-corrected chi connectivity index (χ2v) is 6.51. The summed E-state index contributed by atoms with van der Waals surface area (Å²) in [6.07, 6.45) is -4.36. The van der Waals surface area contributed by atoms with Gasteiger partial charge in [-0.05, 0) is 36.4 Å². The smallest absolute Gasteiger partial charge is 0.338 e. The van der Waals surface area contributed by atoms with Gasteiger partial charge in [0.1, 0.15) is 5.82 Å². The third-order valence-corrected chi connectivity index (χ3v) is 4.50. The Morgan fingerprint density at radius 2 is 1.91 bits per heavy atom. The van der Waals surface area contributed by atoms with Crippen LogP contribution in [0.3, 0.4) is 0 Å². The molecule has 0 aliphatic heterocycles. The van der Waals surface area contributed by atoms with E-state index in [1.54, 1.807) is 18.7 Å². The van der Waals surface area contributed by atoms with Gasteiger partial charge in [0, 0.05) is 10.5 Å². The van der Waals surface area contributed by atoms with Crippen molar-refractivity contribution in [1.82, 2.24) is 9.97 Å². The van der Waals surface area contributed by atoms with Gasteiger partial charge in [-0.3, -0.25) is 0 Å². The Hall–Kier alpha value is -1.95. The monoisotopic (exact) mass is 336 g/mol. The second kappa shape index (κ2) is 5.92. The fourth-order valence-corrected chi connectivity index (χ4v) is 3.33. The maximum absolute atomic E-state index is 13.0. The summed E-state index contributed by atoms with van der Waals surface area (Å²) in [6, 6.07) is 10.0. The molecule has 2 nitrogen and oxygen atoms in total. The molecule has 0 unspecified atom stereocenters. The van der Waals surface area contributed by atoms with Crippen LogP contribution in [0.4, 0.5) is 13.2 Å². The molecule has 1 heterocycles. The zero-order valence-electron chi connectivity index (χ0n) is 12.7. The summed E-state index contributed by atoms with van der Waals surface area (Å²) in [4.78, 5) is 8.61. The van der Waals surface area contributed by atoms with Crippen molar-refractivity contribution < 1.29 is 13.2 Å². The molecule has 0 saturated heterocycles. The fraction of sp³-hybridized carbons (Fsp3) is 0.235. The number of alkyl halides is 3. The molecule has 2 aromatic carbocycles. The van der Waals surface area contributed by atoms with E-state index in [1.807, 2.05) is 24.3 Å². The van der Waals surface area contributed by atoms with Crippen LogP contribution in [0.25, 0.3) is 22.4 Å². The topological polar surface area (TPSA) is 28.7 Å². The number of thioether (sulfide) groups is 1. The molecule has 0 spiro atoms. The van der Waals surface area contributed by atoms with Crippen molar-refractivity contribution in [1.29, 1.82) is 0 Å². The number of nitrogens with one attached hydrogen (secondary N) is 1. The van der Waals surface area contributed by atoms with Crippen LogP contribution in [0.1, 0.15) is 18.1 Å². The number of H-pyrrole nitrogens is 1. The van der Waals surface area contributed by atoms with Gasteiger partial charge in [0.05, 0.1) is 16.6 Å². The Morgan fingerprint density at radius 1 is 1.17 bits per heavy atom. The Morgan fingerprint density at radius 3 is 2.61 bits per heavy atom. The van der Waals surface area contributed by atoms with E-state index in [-0.39, 0.29) is 0 Å². The number of nitrogens with zero attached hydrogens (tertiary/aromatic N) is 1. The number of halogens is 3. The van der Waals surface area contributed by atoms with Gasteiger partial charge in [0.25, 0.3) is 0 Å². The highest BCUT2D eigenvalue weighted by Crippen LogP contribution is 2.35. The average Bonchev–Trinajstić information content (AvgIpc) is 2.92. The number of rotatable bonds is 3. The van der Waals surface area contributed by atoms with Crippen LogP contribution in [-0.4, -0.2) is 15.7 Å². The largest absolute Gasteiger partial charge is 0.416 e. The highest BCUT2D eigenvalue weighted by atomic mass is 32.2. The SMILES string of the molecule is CCSc1ccccc1-c1nc2c(C)cc(C(F)(F)F)cc2[nH]1. The normalized spacial score (nSPS) is 12.0. The van der Waals surface area contributed by atoms with Gasteiger partial charge in [0.15, 0.2) is 0 Å². The summed E-state index contributed by atoms with van der Waals surface area (Å²) in [6.45, 7) is 3.70. The molecule has 0 aliphatic rings. The quantitative estimate of drug-likeness (QED) is 0.624. The second-order valence-electron chi connectivity index (χ2n) is 5.20. The standard InChI is InChI=1S/C17H15F3N2S/c1-3-23-14-7-5-4-6-12(14)16-21-13-9-11(17(18,19)20)8-10(2)15(13)22-16/h4-9H,3H2,1-2H3,(H,21,22). The first-order chi connectivity index (χ1) is 10.9. The molecule has 0 bridgehead atoms. The lowest BCUT2D eigenvalue weighted by atomic mass is 10.1. The van der Waals surface area contributed by atoms with Crippen LogP contribution in [0.5, 0.6) is 0 Å². The Labute approximate surface area is 136 Å². The first kappa shape index (κ1) is 15.9. The molecule has 23 heavy (non-hydrogen) atoms. The summed E-state index contributed by atoms with van der Waals surface area (Å²) in [5, 5.41) is 0. The summed E-state index contributed by atoms with van der Waals surface area (Å²) >= 11 is 1.68. The van der Waals surface area contributed by atoms with E-state index < -0.39 is 11.7 Å².